The number of aromatic amines is 1. The van der Waals surface area contributed by atoms with Crippen molar-refractivity contribution in [1.29, 1.82) is 0 Å². The van der Waals surface area contributed by atoms with Gasteiger partial charge in [0.2, 0.25) is 0 Å². The normalized spacial score (nSPS) is 26.1. The highest BCUT2D eigenvalue weighted by molar-refractivity contribution is 7.91. The number of aryl methyl sites for hydroxylation is 1. The predicted octanol–water partition coefficient (Wildman–Crippen LogP) is -0.393. The van der Waals surface area contributed by atoms with E-state index in [0.717, 1.165) is 0 Å². The molecule has 18 heavy (non-hydrogen) atoms. The molecule has 0 aliphatic carbocycles. The molecule has 1 aromatic rings. The van der Waals surface area contributed by atoms with E-state index in [2.05, 4.69) is 15.5 Å². The number of sulfone groups is 1. The second-order valence-corrected chi connectivity index (χ2v) is 7.15. The Bertz CT molecular complexity index is 573. The van der Waals surface area contributed by atoms with E-state index < -0.39 is 21.3 Å². The largest absolute Gasteiger partial charge is 0.382 e. The van der Waals surface area contributed by atoms with Gasteiger partial charge in [-0.3, -0.25) is 9.89 Å². The summed E-state index contributed by atoms with van der Waals surface area (Å²) in [4.78, 5) is 12.1. The van der Waals surface area contributed by atoms with Crippen LogP contribution in [0.5, 0.6) is 0 Å². The van der Waals surface area contributed by atoms with Crippen molar-refractivity contribution in [2.45, 2.75) is 25.8 Å². The summed E-state index contributed by atoms with van der Waals surface area (Å²) < 4.78 is 22.9. The molecule has 100 valence electrons. The van der Waals surface area contributed by atoms with E-state index >= 15 is 0 Å². The Labute approximate surface area is 105 Å². The van der Waals surface area contributed by atoms with E-state index in [0.29, 0.717) is 12.1 Å². The summed E-state index contributed by atoms with van der Waals surface area (Å²) in [5, 5.41) is 9.09. The topological polar surface area (TPSA) is 118 Å². The van der Waals surface area contributed by atoms with Crippen LogP contribution in [-0.2, 0) is 9.84 Å². The zero-order valence-electron chi connectivity index (χ0n) is 10.3. The molecule has 1 amide bonds. The molecular weight excluding hydrogens is 256 g/mol. The minimum atomic E-state index is -3.06. The highest BCUT2D eigenvalue weighted by Gasteiger charge is 2.40. The number of amides is 1. The summed E-state index contributed by atoms with van der Waals surface area (Å²) in [6, 6.07) is 0. The smallest absolute Gasteiger partial charge is 0.257 e. The average molecular weight is 272 g/mol. The van der Waals surface area contributed by atoms with Crippen molar-refractivity contribution in [3.8, 4) is 0 Å². The lowest BCUT2D eigenvalue weighted by molar-refractivity contribution is 0.0916. The second kappa shape index (κ2) is 3.98. The number of carbonyl (C=O) groups is 1. The second-order valence-electron chi connectivity index (χ2n) is 4.97. The van der Waals surface area contributed by atoms with Crippen LogP contribution in [0.2, 0.25) is 0 Å². The van der Waals surface area contributed by atoms with E-state index in [4.69, 9.17) is 5.73 Å². The molecule has 0 radical (unpaired) electrons. The maximum atomic E-state index is 12.1. The van der Waals surface area contributed by atoms with E-state index in [9.17, 15) is 13.2 Å². The average Bonchev–Trinajstić information content (AvgIpc) is 2.67. The SMILES string of the molecule is Cc1[nH]nc(N)c1C(=O)NC1(C)CCS(=O)(=O)C1. The van der Waals surface area contributed by atoms with Crippen LogP contribution in [0.15, 0.2) is 0 Å². The first-order valence-electron chi connectivity index (χ1n) is 5.56. The Balaban J connectivity index is 2.19. The van der Waals surface area contributed by atoms with Crippen molar-refractivity contribution < 1.29 is 13.2 Å². The minimum absolute atomic E-state index is 0.0391. The van der Waals surface area contributed by atoms with Crippen LogP contribution in [-0.4, -0.2) is 41.6 Å². The van der Waals surface area contributed by atoms with Gasteiger partial charge >= 0.3 is 0 Å². The number of hydrogen-bond acceptors (Lipinski definition) is 5. The zero-order valence-corrected chi connectivity index (χ0v) is 11.1. The molecule has 1 unspecified atom stereocenters. The first-order valence-corrected chi connectivity index (χ1v) is 7.38. The van der Waals surface area contributed by atoms with E-state index in [1.165, 1.54) is 0 Å². The molecule has 0 aromatic carbocycles. The lowest BCUT2D eigenvalue weighted by Crippen LogP contribution is -2.47. The van der Waals surface area contributed by atoms with Gasteiger partial charge in [0.05, 0.1) is 17.0 Å². The molecule has 4 N–H and O–H groups in total. The molecule has 2 heterocycles. The number of nitrogens with two attached hydrogens (primary N) is 1. The summed E-state index contributed by atoms with van der Waals surface area (Å²) in [6.45, 7) is 3.41. The van der Waals surface area contributed by atoms with Crippen molar-refractivity contribution in [2.24, 2.45) is 0 Å². The molecule has 0 bridgehead atoms. The van der Waals surface area contributed by atoms with Gasteiger partial charge in [-0.2, -0.15) is 5.10 Å². The van der Waals surface area contributed by atoms with Gasteiger partial charge in [0, 0.05) is 5.69 Å². The van der Waals surface area contributed by atoms with Crippen LogP contribution >= 0.6 is 0 Å². The number of nitrogen functional groups attached to an aromatic ring is 1. The van der Waals surface area contributed by atoms with Crippen LogP contribution in [0.3, 0.4) is 0 Å². The highest BCUT2D eigenvalue weighted by atomic mass is 32.2. The number of carbonyl (C=O) groups excluding carboxylic acids is 1. The molecule has 8 heteroatoms. The van der Waals surface area contributed by atoms with Crippen LogP contribution in [0.25, 0.3) is 0 Å². The summed E-state index contributed by atoms with van der Waals surface area (Å²) in [6.07, 6.45) is 0.415. The fourth-order valence-corrected chi connectivity index (χ4v) is 4.27. The van der Waals surface area contributed by atoms with Gasteiger partial charge in [-0.1, -0.05) is 0 Å². The van der Waals surface area contributed by atoms with Crippen LogP contribution in [0.1, 0.15) is 29.4 Å². The third-order valence-electron chi connectivity index (χ3n) is 3.12. The maximum absolute atomic E-state index is 12.1. The predicted molar refractivity (Wildman–Crippen MR) is 66.9 cm³/mol. The monoisotopic (exact) mass is 272 g/mol. The Hall–Kier alpha value is -1.57. The highest BCUT2D eigenvalue weighted by Crippen LogP contribution is 2.24. The Morgan fingerprint density at radius 1 is 1.56 bits per heavy atom. The van der Waals surface area contributed by atoms with Crippen LogP contribution in [0.4, 0.5) is 5.82 Å². The van der Waals surface area contributed by atoms with E-state index in [1.54, 1.807) is 13.8 Å². The number of H-pyrrole nitrogens is 1. The summed E-state index contributed by atoms with van der Waals surface area (Å²) in [7, 11) is -3.06. The van der Waals surface area contributed by atoms with Gasteiger partial charge in [-0.15, -0.1) is 0 Å². The molecule has 1 aliphatic heterocycles. The fourth-order valence-electron chi connectivity index (χ4n) is 2.18. The fraction of sp³-hybridized carbons (Fsp3) is 0.600. The third kappa shape index (κ3) is 2.33. The lowest BCUT2D eigenvalue weighted by Gasteiger charge is -2.23. The minimum Gasteiger partial charge on any atom is -0.382 e. The van der Waals surface area contributed by atoms with Crippen molar-refractivity contribution in [3.05, 3.63) is 11.3 Å². The lowest BCUT2D eigenvalue weighted by atomic mass is 10.0. The Morgan fingerprint density at radius 2 is 2.22 bits per heavy atom. The standard InChI is InChI=1S/C10H16N4O3S/c1-6-7(8(11)14-13-6)9(15)12-10(2)3-4-18(16,17)5-10/h3-5H2,1-2H3,(H,12,15)(H3,11,13,14). The van der Waals surface area contributed by atoms with E-state index in [1.807, 2.05) is 0 Å². The van der Waals surface area contributed by atoms with E-state index in [-0.39, 0.29) is 22.9 Å². The van der Waals surface area contributed by atoms with Gasteiger partial charge in [-0.25, -0.2) is 8.42 Å². The van der Waals surface area contributed by atoms with Crippen molar-refractivity contribution >= 4 is 21.6 Å². The molecule has 1 saturated heterocycles. The van der Waals surface area contributed by atoms with Gasteiger partial charge in [0.1, 0.15) is 5.56 Å². The molecule has 7 nitrogen and oxygen atoms in total. The van der Waals surface area contributed by atoms with Crippen LogP contribution < -0.4 is 11.1 Å². The van der Waals surface area contributed by atoms with Gasteiger partial charge in [-0.05, 0) is 20.3 Å². The number of rotatable bonds is 2. The third-order valence-corrected chi connectivity index (χ3v) is 5.02. The van der Waals surface area contributed by atoms with Gasteiger partial charge < -0.3 is 11.1 Å². The molecule has 1 aliphatic rings. The molecule has 0 saturated carbocycles. The number of nitrogens with zero attached hydrogens (tertiary/aromatic N) is 1. The number of anilines is 1. The molecule has 0 spiro atoms. The first-order chi connectivity index (χ1) is 8.22. The molecule has 1 atom stereocenters. The van der Waals surface area contributed by atoms with Crippen molar-refractivity contribution in [1.82, 2.24) is 15.5 Å². The Morgan fingerprint density at radius 3 is 2.67 bits per heavy atom. The molecule has 1 aromatic heterocycles. The maximum Gasteiger partial charge on any atom is 0.257 e. The number of nitrogens with one attached hydrogen (secondary N) is 2. The first kappa shape index (κ1) is 12.9. The summed E-state index contributed by atoms with van der Waals surface area (Å²) in [5.41, 5.74) is 5.70. The van der Waals surface area contributed by atoms with Gasteiger partial charge in [0.25, 0.3) is 5.91 Å². The molecule has 2 rings (SSSR count). The van der Waals surface area contributed by atoms with Crippen molar-refractivity contribution in [2.75, 3.05) is 17.2 Å². The van der Waals surface area contributed by atoms with Gasteiger partial charge in [0.15, 0.2) is 15.7 Å². The number of aromatic nitrogens is 2. The quantitative estimate of drug-likeness (QED) is 0.677. The Kier molecular flexibility index (Phi) is 2.84. The van der Waals surface area contributed by atoms with Crippen LogP contribution in [0, 0.1) is 6.92 Å². The molecular formula is C10H16N4O3S. The van der Waals surface area contributed by atoms with Crippen molar-refractivity contribution in [3.63, 3.8) is 0 Å². The summed E-state index contributed by atoms with van der Waals surface area (Å²) in [5.74, 6) is -0.209. The molecule has 1 fully saturated rings. The summed E-state index contributed by atoms with van der Waals surface area (Å²) >= 11 is 0. The zero-order chi connectivity index (χ0) is 13.6. The number of hydrogen-bond donors (Lipinski definition) is 3.